The molecule has 3 saturated heterocycles. The van der Waals surface area contributed by atoms with Gasteiger partial charge >= 0.3 is 6.18 Å². The number of β-amino-alcohol motifs (C(OH)–C–C–N with tert-alkyl or cyclic N) is 1. The standard InChI is InChI=1S/C34H50F3N7O4S2/c1-25(45)41-17-15-39(16-18-41)19-20-49-32-21-26(5-6-30(32)34(35,36)37)33-29-24-43(50(2,47)48)14-9-31(29)44(38-33)23-28(46)22-40-12-7-27(8-13-40)42-10-3-4-11-42/h5-6,21,27-28,46H,3-4,7-20,22-24H2,1-2H3. The minimum Gasteiger partial charge on any atom is -0.390 e. The maximum atomic E-state index is 14.2. The van der Waals surface area contributed by atoms with E-state index in [9.17, 15) is 31.5 Å². The molecule has 0 bridgehead atoms. The second-order valence-corrected chi connectivity index (χ2v) is 17.3. The number of hydrogen-bond acceptors (Lipinski definition) is 9. The van der Waals surface area contributed by atoms with Crippen molar-refractivity contribution < 1.29 is 31.5 Å². The summed E-state index contributed by atoms with van der Waals surface area (Å²) in [5, 5.41) is 16.1. The quantitative estimate of drug-likeness (QED) is 0.348. The highest BCUT2D eigenvalue weighted by Gasteiger charge is 2.35. The molecule has 50 heavy (non-hydrogen) atoms. The molecule has 1 unspecified atom stereocenters. The van der Waals surface area contributed by atoms with Gasteiger partial charge in [0.25, 0.3) is 0 Å². The molecule has 16 heteroatoms. The summed E-state index contributed by atoms with van der Waals surface area (Å²) in [5.41, 5.74) is 1.69. The van der Waals surface area contributed by atoms with Gasteiger partial charge < -0.3 is 19.8 Å². The summed E-state index contributed by atoms with van der Waals surface area (Å²) in [6.07, 6.45) is 0.997. The predicted octanol–water partition coefficient (Wildman–Crippen LogP) is 3.06. The molecule has 1 atom stereocenters. The molecule has 4 aliphatic heterocycles. The van der Waals surface area contributed by atoms with Crippen molar-refractivity contribution in [3.8, 4) is 11.3 Å². The van der Waals surface area contributed by atoms with Crippen LogP contribution in [0.25, 0.3) is 11.3 Å². The molecule has 0 saturated carbocycles. The first-order valence-corrected chi connectivity index (χ1v) is 20.6. The highest BCUT2D eigenvalue weighted by molar-refractivity contribution is 7.99. The van der Waals surface area contributed by atoms with E-state index in [1.807, 2.05) is 0 Å². The van der Waals surface area contributed by atoms with Crippen molar-refractivity contribution in [1.29, 1.82) is 0 Å². The number of hydrogen-bond donors (Lipinski definition) is 1. The summed E-state index contributed by atoms with van der Waals surface area (Å²) in [6.45, 7) is 9.93. The predicted molar refractivity (Wildman–Crippen MR) is 187 cm³/mol. The summed E-state index contributed by atoms with van der Waals surface area (Å²) >= 11 is 1.14. The largest absolute Gasteiger partial charge is 0.417 e. The Morgan fingerprint density at radius 3 is 2.34 bits per heavy atom. The van der Waals surface area contributed by atoms with Crippen LogP contribution in [0.15, 0.2) is 23.1 Å². The number of piperazine rings is 1. The molecule has 4 aliphatic rings. The zero-order valence-electron chi connectivity index (χ0n) is 29.1. The summed E-state index contributed by atoms with van der Waals surface area (Å²) in [4.78, 5) is 20.6. The molecular weight excluding hydrogens is 692 g/mol. The molecule has 1 N–H and O–H groups in total. The Labute approximate surface area is 297 Å². The average Bonchev–Trinajstić information content (AvgIpc) is 3.73. The zero-order chi connectivity index (χ0) is 35.6. The van der Waals surface area contributed by atoms with E-state index in [1.165, 1.54) is 49.3 Å². The van der Waals surface area contributed by atoms with Crippen molar-refractivity contribution in [2.45, 2.75) is 75.3 Å². The second kappa shape index (κ2) is 15.8. The van der Waals surface area contributed by atoms with Gasteiger partial charge in [0, 0.05) is 99.2 Å². The first-order chi connectivity index (χ1) is 23.8. The number of rotatable bonds is 11. The topological polar surface area (TPSA) is 105 Å². The van der Waals surface area contributed by atoms with Crippen LogP contribution < -0.4 is 0 Å². The molecule has 1 amide bonds. The fourth-order valence-corrected chi connectivity index (χ4v) is 9.76. The maximum absolute atomic E-state index is 14.2. The van der Waals surface area contributed by atoms with E-state index < -0.39 is 27.9 Å². The van der Waals surface area contributed by atoms with E-state index in [2.05, 4.69) is 14.7 Å². The van der Waals surface area contributed by atoms with Gasteiger partial charge in [0.05, 0.1) is 30.2 Å². The molecule has 11 nitrogen and oxygen atoms in total. The molecule has 0 aliphatic carbocycles. The van der Waals surface area contributed by atoms with Crippen LogP contribution in [0.1, 0.15) is 49.4 Å². The van der Waals surface area contributed by atoms with Gasteiger partial charge in [-0.3, -0.25) is 14.4 Å². The number of fused-ring (bicyclic) bond motifs is 1. The van der Waals surface area contributed by atoms with Gasteiger partial charge in [-0.15, -0.1) is 11.8 Å². The number of sulfonamides is 1. The fraction of sp³-hybridized carbons (Fsp3) is 0.706. The van der Waals surface area contributed by atoms with Crippen molar-refractivity contribution in [2.75, 3.05) is 84.0 Å². The fourth-order valence-electron chi connectivity index (χ4n) is 7.86. The van der Waals surface area contributed by atoms with Gasteiger partial charge in [-0.05, 0) is 64.0 Å². The molecular formula is C34H50F3N7O4S2. The molecule has 2 aromatic rings. The van der Waals surface area contributed by atoms with Crippen LogP contribution in [0.4, 0.5) is 13.2 Å². The number of alkyl halides is 3. The molecule has 1 aromatic heterocycles. The lowest BCUT2D eigenvalue weighted by Crippen LogP contribution is -2.48. The smallest absolute Gasteiger partial charge is 0.390 e. The number of carbonyl (C=O) groups is 1. The normalized spacial score (nSPS) is 21.5. The first-order valence-electron chi connectivity index (χ1n) is 17.8. The molecule has 5 heterocycles. The number of carbonyl (C=O) groups excluding carboxylic acids is 1. The number of amides is 1. The number of aliphatic hydroxyl groups is 1. The highest BCUT2D eigenvalue weighted by atomic mass is 32.2. The maximum Gasteiger partial charge on any atom is 0.417 e. The van der Waals surface area contributed by atoms with Crippen LogP contribution in [0, 0.1) is 0 Å². The number of halogens is 3. The molecule has 0 spiro atoms. The van der Waals surface area contributed by atoms with Crippen LogP contribution >= 0.6 is 11.8 Å². The van der Waals surface area contributed by atoms with Gasteiger partial charge in [-0.25, -0.2) is 8.42 Å². The van der Waals surface area contributed by atoms with Crippen LogP contribution in [-0.2, 0) is 40.5 Å². The van der Waals surface area contributed by atoms with E-state index >= 15 is 0 Å². The SMILES string of the molecule is CC(=O)N1CCN(CCSc2cc(-c3nn(CC(O)CN4CCC(N5CCCC5)CC4)c4c3CN(S(C)(=O)=O)CC4)ccc2C(F)(F)F)CC1. The highest BCUT2D eigenvalue weighted by Crippen LogP contribution is 2.40. The van der Waals surface area contributed by atoms with Gasteiger partial charge in [-0.2, -0.15) is 22.6 Å². The van der Waals surface area contributed by atoms with E-state index in [0.717, 1.165) is 55.7 Å². The number of piperidine rings is 1. The number of thioether (sulfide) groups is 1. The van der Waals surface area contributed by atoms with Gasteiger partial charge in [0.1, 0.15) is 0 Å². The van der Waals surface area contributed by atoms with E-state index in [0.29, 0.717) is 74.3 Å². The van der Waals surface area contributed by atoms with Crippen LogP contribution in [-0.4, -0.2) is 149 Å². The van der Waals surface area contributed by atoms with E-state index in [-0.39, 0.29) is 30.4 Å². The molecule has 3 fully saturated rings. The third-order valence-electron chi connectivity index (χ3n) is 10.7. The monoisotopic (exact) mass is 741 g/mol. The third kappa shape index (κ3) is 9.04. The summed E-state index contributed by atoms with van der Waals surface area (Å²) < 4.78 is 70.8. The first kappa shape index (κ1) is 37.5. The summed E-state index contributed by atoms with van der Waals surface area (Å²) in [7, 11) is -3.52. The lowest BCUT2D eigenvalue weighted by atomic mass is 10.0. The number of nitrogens with zero attached hydrogens (tertiary/aromatic N) is 7. The average molecular weight is 742 g/mol. The van der Waals surface area contributed by atoms with Crippen LogP contribution in [0.5, 0.6) is 0 Å². The second-order valence-electron chi connectivity index (χ2n) is 14.1. The van der Waals surface area contributed by atoms with Crippen LogP contribution in [0.3, 0.4) is 0 Å². The van der Waals surface area contributed by atoms with Crippen molar-refractivity contribution in [3.05, 3.63) is 35.0 Å². The van der Waals surface area contributed by atoms with Crippen molar-refractivity contribution in [2.24, 2.45) is 0 Å². The molecule has 6 rings (SSSR count). The van der Waals surface area contributed by atoms with Crippen molar-refractivity contribution >= 4 is 27.7 Å². The third-order valence-corrected chi connectivity index (χ3v) is 13.0. The van der Waals surface area contributed by atoms with Crippen molar-refractivity contribution in [1.82, 2.24) is 33.7 Å². The Morgan fingerprint density at radius 2 is 1.70 bits per heavy atom. The van der Waals surface area contributed by atoms with Gasteiger partial charge in [0.2, 0.25) is 15.9 Å². The lowest BCUT2D eigenvalue weighted by Gasteiger charge is -2.37. The number of likely N-dealkylation sites (tertiary alicyclic amines) is 2. The Balaban J connectivity index is 1.19. The number of aromatic nitrogens is 2. The minimum absolute atomic E-state index is 0.0254. The Morgan fingerprint density at radius 1 is 1.00 bits per heavy atom. The minimum atomic E-state index is -4.55. The Hall–Kier alpha value is -2.21. The van der Waals surface area contributed by atoms with Gasteiger partial charge in [0.15, 0.2) is 0 Å². The Kier molecular flexibility index (Phi) is 11.9. The number of aliphatic hydroxyl groups excluding tert-OH is 1. The van der Waals surface area contributed by atoms with E-state index in [1.54, 1.807) is 9.58 Å². The lowest BCUT2D eigenvalue weighted by molar-refractivity contribution is -0.139. The van der Waals surface area contributed by atoms with Crippen LogP contribution in [0.2, 0.25) is 0 Å². The molecule has 0 radical (unpaired) electrons. The Bertz CT molecular complexity index is 1600. The van der Waals surface area contributed by atoms with Crippen molar-refractivity contribution in [3.63, 3.8) is 0 Å². The van der Waals surface area contributed by atoms with Gasteiger partial charge in [-0.1, -0.05) is 6.07 Å². The molecule has 1 aromatic carbocycles. The zero-order valence-corrected chi connectivity index (χ0v) is 30.7. The summed E-state index contributed by atoms with van der Waals surface area (Å²) in [6, 6.07) is 4.64. The number of benzene rings is 1. The van der Waals surface area contributed by atoms with E-state index in [4.69, 9.17) is 5.10 Å². The molecule has 278 valence electrons. The summed E-state index contributed by atoms with van der Waals surface area (Å²) in [5.74, 6) is 0.458.